The molecule has 0 aliphatic carbocycles. The van der Waals surface area contributed by atoms with Crippen LogP contribution in [-0.2, 0) is 0 Å². The molecule has 2 saturated heterocycles. The summed E-state index contributed by atoms with van der Waals surface area (Å²) < 4.78 is 0. The van der Waals surface area contributed by atoms with E-state index in [1.165, 1.54) is 39.0 Å². The van der Waals surface area contributed by atoms with Crippen LogP contribution in [-0.4, -0.2) is 80.1 Å². The summed E-state index contributed by atoms with van der Waals surface area (Å²) in [7, 11) is 4.43. The van der Waals surface area contributed by atoms with E-state index in [4.69, 9.17) is 5.73 Å². The summed E-state index contributed by atoms with van der Waals surface area (Å²) in [5.41, 5.74) is 5.91. The van der Waals surface area contributed by atoms with Gasteiger partial charge in [0, 0.05) is 38.3 Å². The molecule has 4 nitrogen and oxygen atoms in total. The minimum atomic E-state index is 0.576. The molecule has 16 heavy (non-hydrogen) atoms. The maximum Gasteiger partial charge on any atom is 0.0349 e. The van der Waals surface area contributed by atoms with Crippen molar-refractivity contribution in [1.82, 2.24) is 14.7 Å². The van der Waals surface area contributed by atoms with Gasteiger partial charge in [0.15, 0.2) is 0 Å². The van der Waals surface area contributed by atoms with Crippen LogP contribution < -0.4 is 5.73 Å². The first-order chi connectivity index (χ1) is 7.70. The van der Waals surface area contributed by atoms with E-state index in [9.17, 15) is 0 Å². The molecule has 0 radical (unpaired) electrons. The second-order valence-electron chi connectivity index (χ2n) is 5.42. The first-order valence-electron chi connectivity index (χ1n) is 6.53. The van der Waals surface area contributed by atoms with Crippen molar-refractivity contribution in [3.8, 4) is 0 Å². The highest BCUT2D eigenvalue weighted by Crippen LogP contribution is 2.20. The number of likely N-dealkylation sites (tertiary alicyclic amines) is 1. The lowest BCUT2D eigenvalue weighted by Crippen LogP contribution is -2.59. The molecule has 0 spiro atoms. The molecule has 2 aliphatic heterocycles. The van der Waals surface area contributed by atoms with E-state index >= 15 is 0 Å². The molecule has 2 rings (SSSR count). The van der Waals surface area contributed by atoms with Crippen molar-refractivity contribution in [2.45, 2.75) is 24.9 Å². The highest BCUT2D eigenvalue weighted by Gasteiger charge is 2.31. The Morgan fingerprint density at radius 1 is 1.00 bits per heavy atom. The van der Waals surface area contributed by atoms with Crippen LogP contribution in [0.4, 0.5) is 0 Å². The third kappa shape index (κ3) is 2.74. The highest BCUT2D eigenvalue weighted by molar-refractivity contribution is 4.88. The Labute approximate surface area is 99.4 Å². The molecule has 1 atom stereocenters. The fraction of sp³-hybridized carbons (Fsp3) is 1.00. The predicted molar refractivity (Wildman–Crippen MR) is 67.6 cm³/mol. The van der Waals surface area contributed by atoms with Gasteiger partial charge in [0.05, 0.1) is 0 Å². The van der Waals surface area contributed by atoms with E-state index in [0.717, 1.165) is 19.1 Å². The summed E-state index contributed by atoms with van der Waals surface area (Å²) in [4.78, 5) is 7.51. The highest BCUT2D eigenvalue weighted by atomic mass is 15.3. The van der Waals surface area contributed by atoms with Gasteiger partial charge >= 0.3 is 0 Å². The SMILES string of the molecule is CN1CCC(N2CCN(C)CC2CN)CC1. The molecule has 0 aromatic heterocycles. The average molecular weight is 226 g/mol. The Kier molecular flexibility index (Phi) is 4.19. The largest absolute Gasteiger partial charge is 0.329 e. The van der Waals surface area contributed by atoms with Gasteiger partial charge in [-0.1, -0.05) is 0 Å². The molecule has 2 N–H and O–H groups in total. The Balaban J connectivity index is 1.91. The summed E-state index contributed by atoms with van der Waals surface area (Å²) >= 11 is 0. The summed E-state index contributed by atoms with van der Waals surface area (Å²) in [6, 6.07) is 1.35. The van der Waals surface area contributed by atoms with Crippen molar-refractivity contribution in [2.75, 3.05) is 53.4 Å². The molecule has 2 heterocycles. The Hall–Kier alpha value is -0.160. The fourth-order valence-electron chi connectivity index (χ4n) is 3.04. The van der Waals surface area contributed by atoms with Gasteiger partial charge in [-0.2, -0.15) is 0 Å². The standard InChI is InChI=1S/C12H26N4/c1-14-5-3-11(4-6-14)16-8-7-15(2)10-12(16)9-13/h11-12H,3-10,13H2,1-2H3. The number of hydrogen-bond donors (Lipinski definition) is 1. The maximum absolute atomic E-state index is 5.91. The zero-order chi connectivity index (χ0) is 11.5. The lowest BCUT2D eigenvalue weighted by atomic mass is 10.00. The number of nitrogens with two attached hydrogens (primary N) is 1. The van der Waals surface area contributed by atoms with Gasteiger partial charge in [0.2, 0.25) is 0 Å². The van der Waals surface area contributed by atoms with Crippen LogP contribution in [0, 0.1) is 0 Å². The first-order valence-corrected chi connectivity index (χ1v) is 6.53. The van der Waals surface area contributed by atoms with Crippen LogP contribution in [0.25, 0.3) is 0 Å². The van der Waals surface area contributed by atoms with Crippen molar-refractivity contribution < 1.29 is 0 Å². The summed E-state index contributed by atoms with van der Waals surface area (Å²) in [6.07, 6.45) is 2.63. The van der Waals surface area contributed by atoms with Crippen LogP contribution in [0.2, 0.25) is 0 Å². The Bertz CT molecular complexity index is 213. The average Bonchev–Trinajstić information content (AvgIpc) is 2.30. The van der Waals surface area contributed by atoms with Crippen molar-refractivity contribution in [3.05, 3.63) is 0 Å². The summed E-state index contributed by atoms with van der Waals surface area (Å²) in [6.45, 7) is 6.83. The minimum Gasteiger partial charge on any atom is -0.329 e. The molecular formula is C12H26N4. The lowest BCUT2D eigenvalue weighted by Gasteiger charge is -2.46. The molecule has 0 saturated carbocycles. The number of likely N-dealkylation sites (N-methyl/N-ethyl adjacent to an activating group) is 1. The number of rotatable bonds is 2. The molecule has 2 fully saturated rings. The van der Waals surface area contributed by atoms with Crippen LogP contribution in [0.1, 0.15) is 12.8 Å². The minimum absolute atomic E-state index is 0.576. The third-order valence-corrected chi connectivity index (χ3v) is 4.16. The van der Waals surface area contributed by atoms with Crippen LogP contribution in [0.3, 0.4) is 0 Å². The van der Waals surface area contributed by atoms with E-state index in [2.05, 4.69) is 28.8 Å². The Morgan fingerprint density at radius 3 is 2.31 bits per heavy atom. The number of piperazine rings is 1. The van der Waals surface area contributed by atoms with Crippen molar-refractivity contribution in [2.24, 2.45) is 5.73 Å². The van der Waals surface area contributed by atoms with E-state index in [0.29, 0.717) is 6.04 Å². The van der Waals surface area contributed by atoms with Gasteiger partial charge in [-0.25, -0.2) is 0 Å². The van der Waals surface area contributed by atoms with Crippen molar-refractivity contribution in [1.29, 1.82) is 0 Å². The molecule has 0 aromatic rings. The fourth-order valence-corrected chi connectivity index (χ4v) is 3.04. The van der Waals surface area contributed by atoms with Gasteiger partial charge < -0.3 is 15.5 Å². The second kappa shape index (κ2) is 5.45. The van der Waals surface area contributed by atoms with Gasteiger partial charge in [0.1, 0.15) is 0 Å². The quantitative estimate of drug-likeness (QED) is 0.698. The van der Waals surface area contributed by atoms with E-state index in [-0.39, 0.29) is 0 Å². The molecule has 94 valence electrons. The van der Waals surface area contributed by atoms with Gasteiger partial charge in [0.25, 0.3) is 0 Å². The van der Waals surface area contributed by atoms with Crippen molar-refractivity contribution in [3.63, 3.8) is 0 Å². The molecule has 0 aromatic carbocycles. The first kappa shape index (κ1) is 12.3. The van der Waals surface area contributed by atoms with Gasteiger partial charge in [-0.15, -0.1) is 0 Å². The molecule has 0 amide bonds. The summed E-state index contributed by atoms with van der Waals surface area (Å²) in [5.74, 6) is 0. The molecule has 4 heteroatoms. The number of nitrogens with zero attached hydrogens (tertiary/aromatic N) is 3. The van der Waals surface area contributed by atoms with Gasteiger partial charge in [-0.05, 0) is 40.0 Å². The molecule has 0 bridgehead atoms. The van der Waals surface area contributed by atoms with Crippen LogP contribution in [0.5, 0.6) is 0 Å². The predicted octanol–water partition coefficient (Wildman–Crippen LogP) is -0.345. The molecule has 2 aliphatic rings. The van der Waals surface area contributed by atoms with Crippen LogP contribution >= 0.6 is 0 Å². The molecular weight excluding hydrogens is 200 g/mol. The number of hydrogen-bond acceptors (Lipinski definition) is 4. The smallest absolute Gasteiger partial charge is 0.0349 e. The van der Waals surface area contributed by atoms with Gasteiger partial charge in [-0.3, -0.25) is 4.90 Å². The molecule has 1 unspecified atom stereocenters. The second-order valence-corrected chi connectivity index (χ2v) is 5.42. The Morgan fingerprint density at radius 2 is 1.69 bits per heavy atom. The van der Waals surface area contributed by atoms with Crippen LogP contribution in [0.15, 0.2) is 0 Å². The van der Waals surface area contributed by atoms with Crippen molar-refractivity contribution >= 4 is 0 Å². The third-order valence-electron chi connectivity index (χ3n) is 4.16. The lowest BCUT2D eigenvalue weighted by molar-refractivity contribution is 0.0303. The normalized spacial score (nSPS) is 32.1. The van der Waals surface area contributed by atoms with E-state index in [1.807, 2.05) is 0 Å². The van der Waals surface area contributed by atoms with E-state index in [1.54, 1.807) is 0 Å². The summed E-state index contributed by atoms with van der Waals surface area (Å²) in [5, 5.41) is 0. The van der Waals surface area contributed by atoms with E-state index < -0.39 is 0 Å². The monoisotopic (exact) mass is 226 g/mol. The maximum atomic E-state index is 5.91. The zero-order valence-electron chi connectivity index (χ0n) is 10.7. The zero-order valence-corrected chi connectivity index (χ0v) is 10.7. The number of piperidine rings is 1. The topological polar surface area (TPSA) is 35.7 Å².